The number of benzene rings is 1. The highest BCUT2D eigenvalue weighted by Crippen LogP contribution is 2.28. The first-order valence-electron chi connectivity index (χ1n) is 7.33. The molecule has 1 aliphatic rings. The molecule has 2 rings (SSSR count). The van der Waals surface area contributed by atoms with Crippen molar-refractivity contribution in [1.82, 2.24) is 5.32 Å². The third kappa shape index (κ3) is 3.95. The predicted octanol–water partition coefficient (Wildman–Crippen LogP) is 3.00. The summed E-state index contributed by atoms with van der Waals surface area (Å²) in [7, 11) is 0. The Balaban J connectivity index is 2.03. The summed E-state index contributed by atoms with van der Waals surface area (Å²) in [5.41, 5.74) is 7.20. The molecule has 0 aliphatic heterocycles. The molecule has 3 unspecified atom stereocenters. The first-order chi connectivity index (χ1) is 9.06. The van der Waals surface area contributed by atoms with Crippen LogP contribution in [0.5, 0.6) is 5.75 Å². The van der Waals surface area contributed by atoms with E-state index in [0.29, 0.717) is 18.1 Å². The molecule has 3 nitrogen and oxygen atoms in total. The van der Waals surface area contributed by atoms with E-state index in [-0.39, 0.29) is 6.10 Å². The third-order valence-corrected chi connectivity index (χ3v) is 3.71. The molecule has 1 aromatic rings. The second-order valence-corrected chi connectivity index (χ2v) is 5.86. The molecular formula is C16H26N2O. The third-order valence-electron chi connectivity index (χ3n) is 3.71. The molecule has 1 aromatic carbocycles. The summed E-state index contributed by atoms with van der Waals surface area (Å²) in [5, 5.41) is 3.68. The Labute approximate surface area is 116 Å². The number of hydrogen-bond acceptors (Lipinski definition) is 3. The number of para-hydroxylation sites is 1. The molecule has 3 atom stereocenters. The van der Waals surface area contributed by atoms with E-state index in [1.54, 1.807) is 0 Å². The Morgan fingerprint density at radius 3 is 2.58 bits per heavy atom. The molecule has 0 amide bonds. The van der Waals surface area contributed by atoms with Crippen LogP contribution in [0, 0.1) is 0 Å². The van der Waals surface area contributed by atoms with Crippen molar-refractivity contribution in [3.05, 3.63) is 29.8 Å². The van der Waals surface area contributed by atoms with Gasteiger partial charge in [0.05, 0.1) is 6.10 Å². The van der Waals surface area contributed by atoms with Crippen LogP contribution >= 0.6 is 0 Å². The largest absolute Gasteiger partial charge is 0.491 e. The lowest BCUT2D eigenvalue weighted by molar-refractivity contribution is 0.237. The summed E-state index contributed by atoms with van der Waals surface area (Å²) in [5.74, 6) is 0.986. The van der Waals surface area contributed by atoms with Gasteiger partial charge in [-0.2, -0.15) is 0 Å². The van der Waals surface area contributed by atoms with Crippen molar-refractivity contribution in [2.45, 2.75) is 64.3 Å². The van der Waals surface area contributed by atoms with E-state index in [0.717, 1.165) is 18.6 Å². The SMILES string of the molecule is CC(C)Oc1ccccc1C(C)NC1CCC(N)C1. The molecular weight excluding hydrogens is 236 g/mol. The van der Waals surface area contributed by atoms with Gasteiger partial charge in [0.2, 0.25) is 0 Å². The van der Waals surface area contributed by atoms with Crippen molar-refractivity contribution in [1.29, 1.82) is 0 Å². The van der Waals surface area contributed by atoms with Gasteiger partial charge in [0.25, 0.3) is 0 Å². The van der Waals surface area contributed by atoms with Gasteiger partial charge in [-0.1, -0.05) is 18.2 Å². The molecule has 0 bridgehead atoms. The van der Waals surface area contributed by atoms with Crippen molar-refractivity contribution in [3.63, 3.8) is 0 Å². The van der Waals surface area contributed by atoms with Gasteiger partial charge in [-0.25, -0.2) is 0 Å². The number of nitrogens with two attached hydrogens (primary N) is 1. The first kappa shape index (κ1) is 14.4. The zero-order valence-electron chi connectivity index (χ0n) is 12.2. The topological polar surface area (TPSA) is 47.3 Å². The zero-order valence-corrected chi connectivity index (χ0v) is 12.2. The van der Waals surface area contributed by atoms with Crippen LogP contribution in [0.4, 0.5) is 0 Å². The normalized spacial score (nSPS) is 24.7. The van der Waals surface area contributed by atoms with Crippen LogP contribution < -0.4 is 15.8 Å². The average Bonchev–Trinajstić information content (AvgIpc) is 2.74. The molecule has 106 valence electrons. The lowest BCUT2D eigenvalue weighted by Gasteiger charge is -2.23. The molecule has 0 radical (unpaired) electrons. The van der Waals surface area contributed by atoms with Gasteiger partial charge in [0.15, 0.2) is 0 Å². The first-order valence-corrected chi connectivity index (χ1v) is 7.33. The molecule has 1 aliphatic carbocycles. The fourth-order valence-corrected chi connectivity index (χ4v) is 2.81. The van der Waals surface area contributed by atoms with E-state index in [9.17, 15) is 0 Å². The van der Waals surface area contributed by atoms with E-state index < -0.39 is 0 Å². The fourth-order valence-electron chi connectivity index (χ4n) is 2.81. The molecule has 3 N–H and O–H groups in total. The summed E-state index contributed by atoms with van der Waals surface area (Å²) >= 11 is 0. The van der Waals surface area contributed by atoms with Crippen LogP contribution in [0.25, 0.3) is 0 Å². The Hall–Kier alpha value is -1.06. The summed E-state index contributed by atoms with van der Waals surface area (Å²) in [6, 6.07) is 9.49. The molecule has 0 spiro atoms. The molecule has 1 fully saturated rings. The number of hydrogen-bond donors (Lipinski definition) is 2. The standard InChI is InChI=1S/C16H26N2O/c1-11(2)19-16-7-5-4-6-15(16)12(3)18-14-9-8-13(17)10-14/h4-7,11-14,18H,8-10,17H2,1-3H3. The van der Waals surface area contributed by atoms with Crippen molar-refractivity contribution in [2.24, 2.45) is 5.73 Å². The van der Waals surface area contributed by atoms with Crippen LogP contribution in [0.3, 0.4) is 0 Å². The number of ether oxygens (including phenoxy) is 1. The maximum atomic E-state index is 5.97. The molecule has 0 heterocycles. The van der Waals surface area contributed by atoms with E-state index in [1.807, 2.05) is 12.1 Å². The van der Waals surface area contributed by atoms with Crippen LogP contribution in [0.1, 0.15) is 51.6 Å². The smallest absolute Gasteiger partial charge is 0.124 e. The zero-order chi connectivity index (χ0) is 13.8. The summed E-state index contributed by atoms with van der Waals surface area (Å²) in [6.45, 7) is 6.32. The lowest BCUT2D eigenvalue weighted by Crippen LogP contribution is -2.31. The maximum absolute atomic E-state index is 5.97. The minimum Gasteiger partial charge on any atom is -0.491 e. The highest BCUT2D eigenvalue weighted by molar-refractivity contribution is 5.35. The average molecular weight is 262 g/mol. The van der Waals surface area contributed by atoms with E-state index in [2.05, 4.69) is 38.2 Å². The highest BCUT2D eigenvalue weighted by atomic mass is 16.5. The Bertz CT molecular complexity index is 405. The predicted molar refractivity (Wildman–Crippen MR) is 79.4 cm³/mol. The second-order valence-electron chi connectivity index (χ2n) is 5.86. The van der Waals surface area contributed by atoms with Gasteiger partial charge >= 0.3 is 0 Å². The second kappa shape index (κ2) is 6.40. The lowest BCUT2D eigenvalue weighted by atomic mass is 10.1. The van der Waals surface area contributed by atoms with Crippen molar-refractivity contribution < 1.29 is 4.74 Å². The van der Waals surface area contributed by atoms with E-state index >= 15 is 0 Å². The van der Waals surface area contributed by atoms with Crippen LogP contribution in [0.2, 0.25) is 0 Å². The van der Waals surface area contributed by atoms with Crippen molar-refractivity contribution in [2.75, 3.05) is 0 Å². The van der Waals surface area contributed by atoms with Gasteiger partial charge in [-0.3, -0.25) is 0 Å². The number of nitrogens with one attached hydrogen (secondary N) is 1. The van der Waals surface area contributed by atoms with Gasteiger partial charge < -0.3 is 15.8 Å². The van der Waals surface area contributed by atoms with Crippen molar-refractivity contribution in [3.8, 4) is 5.75 Å². The summed E-state index contributed by atoms with van der Waals surface area (Å²) in [6.07, 6.45) is 3.60. The van der Waals surface area contributed by atoms with Crippen LogP contribution in [0.15, 0.2) is 24.3 Å². The van der Waals surface area contributed by atoms with Crippen molar-refractivity contribution >= 4 is 0 Å². The van der Waals surface area contributed by atoms with Gasteiger partial charge in [-0.05, 0) is 46.1 Å². The van der Waals surface area contributed by atoms with Gasteiger partial charge in [0.1, 0.15) is 5.75 Å². The summed E-state index contributed by atoms with van der Waals surface area (Å²) in [4.78, 5) is 0. The Morgan fingerprint density at radius 2 is 1.95 bits per heavy atom. The minimum absolute atomic E-state index is 0.202. The fraction of sp³-hybridized carbons (Fsp3) is 0.625. The Kier molecular flexibility index (Phi) is 4.83. The quantitative estimate of drug-likeness (QED) is 0.857. The van der Waals surface area contributed by atoms with E-state index in [1.165, 1.54) is 12.0 Å². The molecule has 0 saturated heterocycles. The van der Waals surface area contributed by atoms with Gasteiger partial charge in [-0.15, -0.1) is 0 Å². The number of rotatable bonds is 5. The van der Waals surface area contributed by atoms with E-state index in [4.69, 9.17) is 10.5 Å². The highest BCUT2D eigenvalue weighted by Gasteiger charge is 2.24. The molecule has 1 saturated carbocycles. The molecule has 19 heavy (non-hydrogen) atoms. The van der Waals surface area contributed by atoms with Gasteiger partial charge in [0, 0.05) is 23.7 Å². The Morgan fingerprint density at radius 1 is 1.21 bits per heavy atom. The summed E-state index contributed by atoms with van der Waals surface area (Å²) < 4.78 is 5.89. The monoisotopic (exact) mass is 262 g/mol. The molecule has 0 aromatic heterocycles. The van der Waals surface area contributed by atoms with Crippen LogP contribution in [-0.4, -0.2) is 18.2 Å². The van der Waals surface area contributed by atoms with Crippen LogP contribution in [-0.2, 0) is 0 Å². The maximum Gasteiger partial charge on any atom is 0.124 e. The minimum atomic E-state index is 0.202. The molecule has 3 heteroatoms.